The van der Waals surface area contributed by atoms with Crippen molar-refractivity contribution in [3.05, 3.63) is 180 Å². The lowest BCUT2D eigenvalue weighted by atomic mass is 9.88. The van der Waals surface area contributed by atoms with Gasteiger partial charge in [-0.25, -0.2) is 0 Å². The van der Waals surface area contributed by atoms with Crippen molar-refractivity contribution in [2.75, 3.05) is 11.4 Å². The highest BCUT2D eigenvalue weighted by Gasteiger charge is 2.24. The Bertz CT molecular complexity index is 2710. The van der Waals surface area contributed by atoms with Gasteiger partial charge in [0, 0.05) is 45.4 Å². The van der Waals surface area contributed by atoms with Crippen molar-refractivity contribution in [2.45, 2.75) is 13.3 Å². The minimum atomic E-state index is 0.325. The van der Waals surface area contributed by atoms with Gasteiger partial charge < -0.3 is 9.47 Å². The molecule has 52 heavy (non-hydrogen) atoms. The monoisotopic (exact) mass is 667 g/mol. The van der Waals surface area contributed by atoms with Crippen LogP contribution in [0, 0.1) is 39.9 Å². The molecule has 0 fully saturated rings. The molecule has 8 rings (SSSR count). The zero-order valence-corrected chi connectivity index (χ0v) is 28.7. The lowest BCUT2D eigenvalue weighted by Gasteiger charge is -2.32. The van der Waals surface area contributed by atoms with Gasteiger partial charge in [0.25, 0.3) is 0 Å². The Kier molecular flexibility index (Phi) is 8.21. The first kappa shape index (κ1) is 32.1. The average Bonchev–Trinajstić information content (AvgIpc) is 3.54. The number of nitrogens with zero attached hydrogens (tertiary/aromatic N) is 5. The third kappa shape index (κ3) is 5.50. The van der Waals surface area contributed by atoms with Gasteiger partial charge in [-0.1, -0.05) is 92.4 Å². The summed E-state index contributed by atoms with van der Waals surface area (Å²) < 4.78 is 2.28. The molecule has 1 aromatic heterocycles. The number of fused-ring (bicyclic) bond motifs is 3. The number of rotatable bonds is 4. The molecule has 1 unspecified atom stereocenters. The molecule has 5 aromatic carbocycles. The molecule has 6 aromatic rings. The van der Waals surface area contributed by atoms with Crippen LogP contribution in [0.25, 0.3) is 49.7 Å². The van der Waals surface area contributed by atoms with Crippen LogP contribution in [0.5, 0.6) is 0 Å². The third-order valence-corrected chi connectivity index (χ3v) is 10.1. The van der Waals surface area contributed by atoms with Gasteiger partial charge in [0.15, 0.2) is 0 Å². The van der Waals surface area contributed by atoms with Crippen LogP contribution < -0.4 is 4.90 Å². The van der Waals surface area contributed by atoms with Crippen LogP contribution >= 0.6 is 0 Å². The number of nitriles is 3. The first-order chi connectivity index (χ1) is 25.5. The molecular formula is C47H33N5. The summed E-state index contributed by atoms with van der Waals surface area (Å²) in [6.45, 7) is 7.13. The summed E-state index contributed by atoms with van der Waals surface area (Å²) >= 11 is 0. The molecule has 1 aliphatic heterocycles. The van der Waals surface area contributed by atoms with Crippen LogP contribution in [0.4, 0.5) is 5.69 Å². The SMILES string of the molecule is C=C1C2=C(CC(C)C=C2)N(c2ccc(C#N)c(-c3cccc(-c4ccccc4-n4c5ccccc5c5cc(C#N)ccc54)c3)c2)C/C=C\C=C/1C#N. The van der Waals surface area contributed by atoms with E-state index < -0.39 is 0 Å². The molecular weight excluding hydrogens is 635 g/mol. The van der Waals surface area contributed by atoms with E-state index in [1.165, 1.54) is 0 Å². The van der Waals surface area contributed by atoms with Gasteiger partial charge in [-0.3, -0.25) is 0 Å². The van der Waals surface area contributed by atoms with Crippen LogP contribution in [-0.4, -0.2) is 11.1 Å². The second kappa shape index (κ2) is 13.3. The maximum atomic E-state index is 10.3. The van der Waals surface area contributed by atoms with Gasteiger partial charge in [0.2, 0.25) is 0 Å². The van der Waals surface area contributed by atoms with E-state index in [2.05, 4.69) is 126 Å². The Balaban J connectivity index is 1.26. The quantitative estimate of drug-likeness (QED) is 0.187. The van der Waals surface area contributed by atoms with Gasteiger partial charge in [-0.15, -0.1) is 0 Å². The van der Waals surface area contributed by atoms with Gasteiger partial charge in [0.1, 0.15) is 0 Å². The molecule has 0 spiro atoms. The fourth-order valence-electron chi connectivity index (χ4n) is 7.53. The van der Waals surface area contributed by atoms with E-state index in [1.807, 2.05) is 54.6 Å². The first-order valence-corrected chi connectivity index (χ1v) is 17.3. The van der Waals surface area contributed by atoms with Crippen LogP contribution in [-0.2, 0) is 0 Å². The minimum Gasteiger partial charge on any atom is -0.341 e. The molecule has 246 valence electrons. The molecule has 0 saturated heterocycles. The van der Waals surface area contributed by atoms with Crippen molar-refractivity contribution >= 4 is 27.5 Å². The molecule has 1 aliphatic carbocycles. The van der Waals surface area contributed by atoms with Gasteiger partial charge in [-0.2, -0.15) is 15.8 Å². The highest BCUT2D eigenvalue weighted by Crippen LogP contribution is 2.40. The lowest BCUT2D eigenvalue weighted by molar-refractivity contribution is 0.679. The number of allylic oxidation sites excluding steroid dienone is 8. The highest BCUT2D eigenvalue weighted by molar-refractivity contribution is 6.10. The van der Waals surface area contributed by atoms with Gasteiger partial charge in [0.05, 0.1) is 51.6 Å². The fraction of sp³-hybridized carbons (Fsp3) is 0.0851. The zero-order valence-electron chi connectivity index (χ0n) is 28.7. The maximum absolute atomic E-state index is 10.3. The van der Waals surface area contributed by atoms with Crippen LogP contribution in [0.15, 0.2) is 169 Å². The lowest BCUT2D eigenvalue weighted by Crippen LogP contribution is -2.26. The van der Waals surface area contributed by atoms with E-state index in [9.17, 15) is 15.8 Å². The normalized spacial score (nSPS) is 17.3. The van der Waals surface area contributed by atoms with E-state index in [4.69, 9.17) is 0 Å². The zero-order chi connectivity index (χ0) is 35.8. The van der Waals surface area contributed by atoms with Crippen molar-refractivity contribution in [1.29, 1.82) is 15.8 Å². The van der Waals surface area contributed by atoms with E-state index in [-0.39, 0.29) is 0 Å². The summed E-state index contributed by atoms with van der Waals surface area (Å²) in [7, 11) is 0. The van der Waals surface area contributed by atoms with Crippen LogP contribution in [0.1, 0.15) is 24.5 Å². The summed E-state index contributed by atoms with van der Waals surface area (Å²) in [5, 5.41) is 32.0. The number of para-hydroxylation sites is 2. The number of aromatic nitrogens is 1. The van der Waals surface area contributed by atoms with Gasteiger partial charge in [-0.05, 0) is 89.7 Å². The largest absolute Gasteiger partial charge is 0.341 e. The van der Waals surface area contributed by atoms with Crippen molar-refractivity contribution in [1.82, 2.24) is 4.57 Å². The number of hydrogen-bond donors (Lipinski definition) is 0. The third-order valence-electron chi connectivity index (χ3n) is 10.1. The molecule has 5 heteroatoms. The number of hydrogen-bond acceptors (Lipinski definition) is 4. The number of benzene rings is 5. The van der Waals surface area contributed by atoms with Crippen molar-refractivity contribution < 1.29 is 0 Å². The predicted octanol–water partition coefficient (Wildman–Crippen LogP) is 11.1. The van der Waals surface area contributed by atoms with Crippen LogP contribution in [0.2, 0.25) is 0 Å². The second-order valence-electron chi connectivity index (χ2n) is 13.2. The Morgan fingerprint density at radius 2 is 1.52 bits per heavy atom. The van der Waals surface area contributed by atoms with Crippen LogP contribution in [0.3, 0.4) is 0 Å². The summed E-state index contributed by atoms with van der Waals surface area (Å²) in [5.41, 5.74) is 12.5. The Morgan fingerprint density at radius 3 is 2.35 bits per heavy atom. The van der Waals surface area contributed by atoms with E-state index >= 15 is 0 Å². The van der Waals surface area contributed by atoms with Crippen molar-refractivity contribution in [2.24, 2.45) is 5.92 Å². The first-order valence-electron chi connectivity index (χ1n) is 17.3. The highest BCUT2D eigenvalue weighted by atomic mass is 15.1. The summed E-state index contributed by atoms with van der Waals surface area (Å²) in [6.07, 6.45) is 10.9. The molecule has 2 heterocycles. The molecule has 0 amide bonds. The molecule has 0 saturated carbocycles. The molecule has 5 nitrogen and oxygen atoms in total. The summed E-state index contributed by atoms with van der Waals surface area (Å²) in [5.74, 6) is 0.325. The fourth-order valence-corrected chi connectivity index (χ4v) is 7.53. The maximum Gasteiger partial charge on any atom is 0.0998 e. The standard InChI is InChI=1S/C47H33N5/c1-31-17-21-39-32(2)36(29-49)10-7-8-23-51(47(39)24-31)38-20-19-37(30-50)42(27-38)35-12-9-11-34(26-35)40-13-3-5-15-44(40)52-45-16-6-4-14-41(45)43-25-33(28-48)18-22-46(43)52/h3-22,25-27,31H,2,23-24H2,1H3/b8-7-,36-10-. The Labute approximate surface area is 303 Å². The Hall–Kier alpha value is -7.13. The number of anilines is 1. The van der Waals surface area contributed by atoms with Crippen molar-refractivity contribution in [3.63, 3.8) is 0 Å². The summed E-state index contributed by atoms with van der Waals surface area (Å²) in [4.78, 5) is 2.29. The second-order valence-corrected chi connectivity index (χ2v) is 13.2. The van der Waals surface area contributed by atoms with Crippen molar-refractivity contribution in [3.8, 4) is 46.1 Å². The van der Waals surface area contributed by atoms with E-state index in [1.54, 1.807) is 0 Å². The molecule has 2 aliphatic rings. The molecule has 0 bridgehead atoms. The smallest absolute Gasteiger partial charge is 0.0998 e. The molecule has 1 atom stereocenters. The minimum absolute atomic E-state index is 0.325. The van der Waals surface area contributed by atoms with Gasteiger partial charge >= 0.3 is 0 Å². The predicted molar refractivity (Wildman–Crippen MR) is 210 cm³/mol. The Morgan fingerprint density at radius 1 is 0.731 bits per heavy atom. The molecule has 0 N–H and O–H groups in total. The van der Waals surface area contributed by atoms with E-state index in [0.717, 1.165) is 73.1 Å². The average molecular weight is 668 g/mol. The van der Waals surface area contributed by atoms with E-state index in [0.29, 0.717) is 34.7 Å². The summed E-state index contributed by atoms with van der Waals surface area (Å²) in [6, 6.07) is 44.1. The topological polar surface area (TPSA) is 79.5 Å². The molecule has 0 radical (unpaired) electrons.